The van der Waals surface area contributed by atoms with E-state index in [1.165, 1.54) is 24.0 Å². The van der Waals surface area contributed by atoms with Gasteiger partial charge in [0, 0.05) is 5.41 Å². The molecular weight excluding hydrogens is 288 g/mol. The molecule has 1 fully saturated rings. The minimum Gasteiger partial charge on any atom is -0.493 e. The molecule has 0 aromatic heterocycles. The van der Waals surface area contributed by atoms with Crippen molar-refractivity contribution in [1.82, 2.24) is 5.32 Å². The van der Waals surface area contributed by atoms with Crippen LogP contribution in [0.5, 0.6) is 5.75 Å². The number of carbonyl (C=O) groups is 1. The van der Waals surface area contributed by atoms with Crippen molar-refractivity contribution in [1.29, 1.82) is 0 Å². The molecule has 1 N–H and O–H groups in total. The van der Waals surface area contributed by atoms with Crippen LogP contribution < -0.4 is 10.1 Å². The van der Waals surface area contributed by atoms with Crippen LogP contribution in [0.2, 0.25) is 0 Å². The maximum Gasteiger partial charge on any atom is 0.341 e. The average molecular weight is 312 g/mol. The van der Waals surface area contributed by atoms with Crippen molar-refractivity contribution >= 4 is 11.7 Å². The molecule has 1 aromatic carbocycles. The SMILES string of the molecule is CCC1(C)Cc2ccc(OCC3CC3)cc2C12NC(=O)N=C2C. The van der Waals surface area contributed by atoms with Crippen LogP contribution in [0.15, 0.2) is 23.2 Å². The van der Waals surface area contributed by atoms with Crippen LogP contribution in [0, 0.1) is 11.3 Å². The molecule has 1 spiro atoms. The lowest BCUT2D eigenvalue weighted by atomic mass is 9.67. The third kappa shape index (κ3) is 2.03. The molecule has 2 unspecified atom stereocenters. The molecule has 0 radical (unpaired) electrons. The van der Waals surface area contributed by atoms with E-state index in [1.54, 1.807) is 0 Å². The van der Waals surface area contributed by atoms with Gasteiger partial charge in [-0.2, -0.15) is 0 Å². The highest BCUT2D eigenvalue weighted by Crippen LogP contribution is 2.55. The van der Waals surface area contributed by atoms with Crippen molar-refractivity contribution in [2.24, 2.45) is 16.3 Å². The number of nitrogens with one attached hydrogen (secondary N) is 1. The van der Waals surface area contributed by atoms with Gasteiger partial charge in [0.2, 0.25) is 0 Å². The number of hydrogen-bond donors (Lipinski definition) is 1. The molecule has 2 aliphatic carbocycles. The predicted molar refractivity (Wildman–Crippen MR) is 90.1 cm³/mol. The van der Waals surface area contributed by atoms with Gasteiger partial charge < -0.3 is 10.1 Å². The summed E-state index contributed by atoms with van der Waals surface area (Å²) in [6, 6.07) is 6.14. The number of urea groups is 1. The van der Waals surface area contributed by atoms with Crippen LogP contribution in [0.25, 0.3) is 0 Å². The monoisotopic (exact) mass is 312 g/mol. The van der Waals surface area contributed by atoms with Crippen molar-refractivity contribution in [3.05, 3.63) is 29.3 Å². The van der Waals surface area contributed by atoms with Crippen LogP contribution in [0.3, 0.4) is 0 Å². The van der Waals surface area contributed by atoms with Crippen molar-refractivity contribution in [3.63, 3.8) is 0 Å². The predicted octanol–water partition coefficient (Wildman–Crippen LogP) is 3.83. The average Bonchev–Trinajstić information content (AvgIpc) is 3.25. The molecule has 3 aliphatic rings. The first-order chi connectivity index (χ1) is 11.0. The second-order valence-electron chi connectivity index (χ2n) is 7.54. The van der Waals surface area contributed by atoms with Gasteiger partial charge in [-0.25, -0.2) is 9.79 Å². The van der Waals surface area contributed by atoms with Gasteiger partial charge in [0.1, 0.15) is 11.3 Å². The minimum atomic E-state index is -0.479. The Kier molecular flexibility index (Phi) is 3.09. The number of hydrogen-bond acceptors (Lipinski definition) is 2. The quantitative estimate of drug-likeness (QED) is 0.918. The van der Waals surface area contributed by atoms with Crippen molar-refractivity contribution in [2.75, 3.05) is 6.61 Å². The third-order valence-electron chi connectivity index (χ3n) is 6.04. The summed E-state index contributed by atoms with van der Waals surface area (Å²) in [5.74, 6) is 1.64. The Balaban J connectivity index is 1.77. The molecule has 1 aromatic rings. The highest BCUT2D eigenvalue weighted by atomic mass is 16.5. The standard InChI is InChI=1S/C19H24N2O2/c1-4-18(3)10-14-7-8-15(23-11-13-5-6-13)9-16(14)19(18)12(2)20-17(22)21-19/h7-9,13H,4-6,10-11H2,1-3H3,(H,21,22). The lowest BCUT2D eigenvalue weighted by Gasteiger charge is -2.41. The number of ether oxygens (including phenoxy) is 1. The second-order valence-corrected chi connectivity index (χ2v) is 7.54. The van der Waals surface area contributed by atoms with E-state index in [-0.39, 0.29) is 11.4 Å². The summed E-state index contributed by atoms with van der Waals surface area (Å²) in [7, 11) is 0. The van der Waals surface area contributed by atoms with Gasteiger partial charge in [0.15, 0.2) is 0 Å². The van der Waals surface area contributed by atoms with E-state index in [2.05, 4.69) is 42.4 Å². The van der Waals surface area contributed by atoms with Crippen LogP contribution in [-0.4, -0.2) is 18.3 Å². The van der Waals surface area contributed by atoms with Crippen LogP contribution in [0.4, 0.5) is 4.79 Å². The smallest absolute Gasteiger partial charge is 0.341 e. The highest BCUT2D eigenvalue weighted by Gasteiger charge is 2.59. The molecule has 0 saturated heterocycles. The normalized spacial score (nSPS) is 32.0. The fourth-order valence-corrected chi connectivity index (χ4v) is 4.28. The van der Waals surface area contributed by atoms with Crippen molar-refractivity contribution in [3.8, 4) is 5.75 Å². The lowest BCUT2D eigenvalue weighted by Crippen LogP contribution is -2.54. The lowest BCUT2D eigenvalue weighted by molar-refractivity contribution is 0.185. The second kappa shape index (κ2) is 4.83. The molecule has 4 rings (SSSR count). The molecular formula is C19H24N2O2. The minimum absolute atomic E-state index is 0.0514. The number of carbonyl (C=O) groups excluding carboxylic acids is 1. The Labute approximate surface area is 137 Å². The molecule has 122 valence electrons. The van der Waals surface area contributed by atoms with Crippen LogP contribution in [-0.2, 0) is 12.0 Å². The highest BCUT2D eigenvalue weighted by molar-refractivity contribution is 6.08. The largest absolute Gasteiger partial charge is 0.493 e. The van der Waals surface area contributed by atoms with Gasteiger partial charge in [-0.3, -0.25) is 0 Å². The van der Waals surface area contributed by atoms with Gasteiger partial charge in [-0.15, -0.1) is 0 Å². The molecule has 1 saturated carbocycles. The molecule has 0 bridgehead atoms. The van der Waals surface area contributed by atoms with Crippen LogP contribution in [0.1, 0.15) is 51.2 Å². The fourth-order valence-electron chi connectivity index (χ4n) is 4.28. The Hall–Kier alpha value is -1.84. The summed E-state index contributed by atoms with van der Waals surface area (Å²) >= 11 is 0. The van der Waals surface area contributed by atoms with E-state index in [9.17, 15) is 4.79 Å². The summed E-state index contributed by atoms with van der Waals surface area (Å²) in [5.41, 5.74) is 2.81. The molecule has 4 nitrogen and oxygen atoms in total. The number of fused-ring (bicyclic) bond motifs is 2. The summed E-state index contributed by atoms with van der Waals surface area (Å²) in [6.45, 7) is 7.22. The van der Waals surface area contributed by atoms with E-state index in [1.807, 2.05) is 6.92 Å². The molecule has 4 heteroatoms. The van der Waals surface area contributed by atoms with E-state index in [0.29, 0.717) is 0 Å². The zero-order chi connectivity index (χ0) is 16.2. The fraction of sp³-hybridized carbons (Fsp3) is 0.579. The number of aliphatic imine (C=N–C) groups is 1. The van der Waals surface area contributed by atoms with Gasteiger partial charge in [-0.05, 0) is 61.8 Å². The molecule has 1 aliphatic heterocycles. The first-order valence-corrected chi connectivity index (χ1v) is 8.62. The Bertz CT molecular complexity index is 707. The maximum atomic E-state index is 12.0. The summed E-state index contributed by atoms with van der Waals surface area (Å²) in [5, 5.41) is 3.18. The summed E-state index contributed by atoms with van der Waals surface area (Å²) in [4.78, 5) is 16.2. The molecule has 1 heterocycles. The van der Waals surface area contributed by atoms with Crippen molar-refractivity contribution < 1.29 is 9.53 Å². The van der Waals surface area contributed by atoms with Crippen molar-refractivity contribution in [2.45, 2.75) is 52.0 Å². The summed E-state index contributed by atoms with van der Waals surface area (Å²) < 4.78 is 5.97. The zero-order valence-corrected chi connectivity index (χ0v) is 14.1. The van der Waals surface area contributed by atoms with E-state index < -0.39 is 5.54 Å². The van der Waals surface area contributed by atoms with Gasteiger partial charge >= 0.3 is 6.03 Å². The number of nitrogens with zero attached hydrogens (tertiary/aromatic N) is 1. The van der Waals surface area contributed by atoms with Crippen LogP contribution >= 0.6 is 0 Å². The number of benzene rings is 1. The Morgan fingerprint density at radius 1 is 1.39 bits per heavy atom. The molecule has 2 amide bonds. The van der Waals surface area contributed by atoms with Gasteiger partial charge in [-0.1, -0.05) is 19.9 Å². The van der Waals surface area contributed by atoms with E-state index in [0.717, 1.165) is 36.8 Å². The number of amides is 2. The molecule has 23 heavy (non-hydrogen) atoms. The molecule has 2 atom stereocenters. The topological polar surface area (TPSA) is 50.7 Å². The van der Waals surface area contributed by atoms with E-state index in [4.69, 9.17) is 4.74 Å². The zero-order valence-electron chi connectivity index (χ0n) is 14.1. The Morgan fingerprint density at radius 3 is 2.78 bits per heavy atom. The Morgan fingerprint density at radius 2 is 2.17 bits per heavy atom. The van der Waals surface area contributed by atoms with Gasteiger partial charge in [0.05, 0.1) is 12.3 Å². The first-order valence-electron chi connectivity index (χ1n) is 8.62. The van der Waals surface area contributed by atoms with E-state index >= 15 is 0 Å². The first kappa shape index (κ1) is 14.7. The maximum absolute atomic E-state index is 12.0. The van der Waals surface area contributed by atoms with Gasteiger partial charge in [0.25, 0.3) is 0 Å². The summed E-state index contributed by atoms with van der Waals surface area (Å²) in [6.07, 6.45) is 4.50. The third-order valence-corrected chi connectivity index (χ3v) is 6.04. The number of rotatable bonds is 4.